The topological polar surface area (TPSA) is 102 Å². The van der Waals surface area contributed by atoms with Crippen molar-refractivity contribution in [2.24, 2.45) is 0 Å². The molecule has 84 heavy (non-hydrogen) atoms. The van der Waals surface area contributed by atoms with Crippen LogP contribution in [0.2, 0.25) is 0 Å². The molecule has 1 N–H and O–H groups in total. The standard InChI is InChI=1S/C13H12N4.C9H9NO.C9H11N.C9H10N.C2H4.CH4.S13.S10.S9.Y/c1-14-12-5-4-9-2-3-10(13(9)17-12)6-11-7-15-8-16-11;1-6-2-3-7-4-5-8(11)9(7)10-6;2*1-7-5-6-8-3-2-4-9(8)10-7;1-2;;1-3-5-7-9-11-13-12-10-8-6-4-2;1-3-5-7-9-10-8-6-4-2;1-3-5-7-9-8-6-4-2;/h4-5,7-8,10H,2-3,6H2,(H,15,16);2-3H,4-5H2,1H3;5-6H,2-4H2,1H3;4-6H,2-3H2,1H3;1-2H2;1H4;;;;/q;;;-1;;;;;;. The van der Waals surface area contributed by atoms with Gasteiger partial charge in [0.1, 0.15) is 11.4 Å². The molecule has 0 bridgehead atoms. The number of ketones is 1. The average molecular weight is 1800 g/mol. The maximum atomic E-state index is 11.2. The molecule has 459 valence electrons. The van der Waals surface area contributed by atoms with E-state index >= 15 is 0 Å². The summed E-state index contributed by atoms with van der Waals surface area (Å²) in [4.78, 5) is 39.2. The van der Waals surface area contributed by atoms with Crippen molar-refractivity contribution in [3.63, 3.8) is 0 Å². The number of hydrogen-bond donors (Lipinski definition) is 1. The molecule has 0 aliphatic heterocycles. The van der Waals surface area contributed by atoms with Gasteiger partial charge in [0.05, 0.1) is 6.33 Å². The SMILES string of the molecule is C.C=C.Cc1ccc2c(n1)C(=O)CC2.Cc1ccc2c(n1)CCC2.Cc1ccc2c(n1)[CH-]CC2.S=S=S=S=S=S=S=S=S.S=S=S=S=S=S=S=S=S=S.S=S=S=S=S=S=S=S=S=S=S=S=S.[C-]#[N+]c1ccc2c(n1)C(Cc1cnc[nH]1)CC2.[Y]. The molecule has 0 saturated carbocycles. The van der Waals surface area contributed by atoms with Crippen LogP contribution in [0.5, 0.6) is 0 Å². The fraction of sp³-hybridized carbons (Fsp3) is 0.349. The summed E-state index contributed by atoms with van der Waals surface area (Å²) in [6, 6.07) is 16.4. The van der Waals surface area contributed by atoms with Crippen LogP contribution >= 0.6 is 0 Å². The first-order chi connectivity index (χ1) is 40.1. The third-order valence-corrected chi connectivity index (χ3v) is 61.0. The number of aromatic amines is 1. The van der Waals surface area contributed by atoms with Crippen molar-refractivity contribution < 1.29 is 37.5 Å². The molecule has 1 radical (unpaired) electrons. The molecule has 1 atom stereocenters. The fourth-order valence-corrected chi connectivity index (χ4v) is 61.8. The molecule has 1 unspecified atom stereocenters. The van der Waals surface area contributed by atoms with E-state index in [-0.39, 0.29) is 45.9 Å². The van der Waals surface area contributed by atoms with Crippen molar-refractivity contribution in [1.82, 2.24) is 29.9 Å². The number of H-pyrrole nitrogens is 1. The third kappa shape index (κ3) is 40.7. The minimum absolute atomic E-state index is 0. The Morgan fingerprint density at radius 2 is 1.02 bits per heavy atom. The van der Waals surface area contributed by atoms with Crippen LogP contribution in [0, 0.1) is 33.8 Å². The molecule has 4 aliphatic carbocycles. The number of carbonyl (C=O) groups is 1. The number of carbonyl (C=O) groups excluding carboxylic acids is 1. The van der Waals surface area contributed by atoms with Crippen molar-refractivity contribution in [2.45, 2.75) is 98.3 Å². The van der Waals surface area contributed by atoms with Gasteiger partial charge >= 0.3 is 0 Å². The number of imidazole rings is 1. The van der Waals surface area contributed by atoms with Gasteiger partial charge in [0.25, 0.3) is 5.82 Å². The molecule has 5 aromatic rings. The van der Waals surface area contributed by atoms with Gasteiger partial charge in [-0.1, -0.05) is 44.0 Å². The summed E-state index contributed by atoms with van der Waals surface area (Å²) >= 11 is 28.0. The number of nitrogens with zero attached hydrogens (tertiary/aromatic N) is 6. The Morgan fingerprint density at radius 1 is 0.560 bits per heavy atom. The van der Waals surface area contributed by atoms with Crippen LogP contribution in [0.15, 0.2) is 74.2 Å². The molecule has 0 saturated heterocycles. The van der Waals surface area contributed by atoms with E-state index in [0.717, 1.165) is 59.7 Å². The van der Waals surface area contributed by atoms with Gasteiger partial charge in [0.15, 0.2) is 5.78 Å². The van der Waals surface area contributed by atoms with Crippen LogP contribution in [-0.2, 0) is 369 Å². The van der Waals surface area contributed by atoms with E-state index in [1.165, 1.54) is 113 Å². The van der Waals surface area contributed by atoms with Crippen LogP contribution in [0.4, 0.5) is 5.82 Å². The van der Waals surface area contributed by atoms with Crippen LogP contribution in [0.25, 0.3) is 4.85 Å². The predicted octanol–water partition coefficient (Wildman–Crippen LogP) is 9.27. The Balaban J connectivity index is 0.000000958. The quantitative estimate of drug-likeness (QED) is 0.135. The van der Waals surface area contributed by atoms with E-state index in [4.69, 9.17) is 28.9 Å². The van der Waals surface area contributed by atoms with Crippen LogP contribution in [0.1, 0.15) is 112 Å². The number of pyridine rings is 4. The molecule has 9 rings (SSSR count). The second kappa shape index (κ2) is 59.5. The van der Waals surface area contributed by atoms with Crippen LogP contribution in [0.3, 0.4) is 0 Å². The maximum absolute atomic E-state index is 11.2. The first kappa shape index (κ1) is 86.7. The smallest absolute Gasteiger partial charge is 0.269 e. The molecule has 0 aromatic carbocycles. The first-order valence-corrected chi connectivity index (χ1v) is 61.0. The van der Waals surface area contributed by atoms with Crippen LogP contribution in [-0.4, -0.2) is 35.7 Å². The molecular formula is C43H50N7OS32Y-. The normalized spacial score (nSPS) is 11.8. The Hall–Kier alpha value is 2.72. The molecule has 8 nitrogen and oxygen atoms in total. The summed E-state index contributed by atoms with van der Waals surface area (Å²) in [5, 5.41) is 0. The minimum Gasteiger partial charge on any atom is -0.361 e. The van der Waals surface area contributed by atoms with Gasteiger partial charge in [-0.05, 0) is 101 Å². The van der Waals surface area contributed by atoms with Crippen molar-refractivity contribution in [1.29, 1.82) is 0 Å². The van der Waals surface area contributed by atoms with Gasteiger partial charge < -0.3 is 9.83 Å². The van der Waals surface area contributed by atoms with Crippen molar-refractivity contribution >= 4 is 310 Å². The van der Waals surface area contributed by atoms with Crippen molar-refractivity contribution in [3.8, 4) is 0 Å². The average Bonchev–Trinajstić information content (AvgIpc) is 4.22. The van der Waals surface area contributed by atoms with E-state index in [1.807, 2.05) is 44.3 Å². The molecule has 4 aliphatic rings. The van der Waals surface area contributed by atoms with E-state index in [9.17, 15) is 4.79 Å². The van der Waals surface area contributed by atoms with Gasteiger partial charge in [-0.3, -0.25) is 14.8 Å². The Bertz CT molecular complexity index is 4080. The van der Waals surface area contributed by atoms with Crippen LogP contribution < -0.4 is 0 Å². The molecule has 0 amide bonds. The zero-order valence-corrected chi connectivity index (χ0v) is 72.1. The number of nitrogens with one attached hydrogen (secondary N) is 1. The zero-order valence-electron chi connectivity index (χ0n) is 43.1. The molecular weight excluding hydrogens is 1750 g/mol. The molecule has 5 aromatic heterocycles. The Morgan fingerprint density at radius 3 is 1.51 bits per heavy atom. The van der Waals surface area contributed by atoms with E-state index < -0.39 is 0 Å². The zero-order chi connectivity index (χ0) is 59.8. The van der Waals surface area contributed by atoms with Crippen molar-refractivity contribution in [3.05, 3.63) is 160 Å². The van der Waals surface area contributed by atoms with Crippen molar-refractivity contribution in [2.75, 3.05) is 0 Å². The van der Waals surface area contributed by atoms with E-state index in [1.54, 1.807) is 184 Å². The monoisotopic (exact) mass is 1790 g/mol. The van der Waals surface area contributed by atoms with Gasteiger partial charge in [-0.25, -0.2) is 16.4 Å². The van der Waals surface area contributed by atoms with Gasteiger partial charge in [-0.2, -0.15) is 5.56 Å². The summed E-state index contributed by atoms with van der Waals surface area (Å²) in [5.74, 6) is 1.12. The van der Waals surface area contributed by atoms with E-state index in [0.29, 0.717) is 23.9 Å². The molecule has 5 heterocycles. The number of rotatable bonds is 2. The third-order valence-electron chi connectivity index (χ3n) is 9.89. The fourth-order valence-electron chi connectivity index (χ4n) is 6.96. The number of fused-ring (bicyclic) bond motifs is 4. The summed E-state index contributed by atoms with van der Waals surface area (Å²) in [6.45, 7) is 19.0. The van der Waals surface area contributed by atoms with Gasteiger partial charge in [0.2, 0.25) is 0 Å². The summed E-state index contributed by atoms with van der Waals surface area (Å²) in [7, 11) is 41.7. The first-order valence-electron chi connectivity index (χ1n) is 22.3. The number of hydrogen-bond acceptors (Lipinski definition) is 12. The number of aryl methyl sites for hydroxylation is 8. The number of Topliss-reactive ketones (excluding diaryl/α,β-unsaturated/α-hetero) is 1. The molecule has 41 heteroatoms. The maximum Gasteiger partial charge on any atom is 0.269 e. The van der Waals surface area contributed by atoms with Gasteiger partial charge in [0, 0.05) is 378 Å². The number of aromatic nitrogens is 6. The summed E-state index contributed by atoms with van der Waals surface area (Å²) in [5.41, 5.74) is 14.0. The summed E-state index contributed by atoms with van der Waals surface area (Å²) in [6.07, 6.45) is 16.5. The Kier molecular flexibility index (Phi) is 61.4. The minimum atomic E-state index is 0. The second-order valence-electron chi connectivity index (χ2n) is 14.6. The predicted molar refractivity (Wildman–Crippen MR) is 441 cm³/mol. The summed E-state index contributed by atoms with van der Waals surface area (Å²) < 4.78 is 0. The van der Waals surface area contributed by atoms with E-state index in [2.05, 4.69) is 130 Å². The largest absolute Gasteiger partial charge is 0.361 e. The Labute approximate surface area is 623 Å². The van der Waals surface area contributed by atoms with Gasteiger partial charge in [-0.15, -0.1) is 37.0 Å². The molecule has 0 spiro atoms. The molecule has 0 fully saturated rings. The second-order valence-corrected chi connectivity index (χ2v) is 60.6.